The Labute approximate surface area is 103 Å². The summed E-state index contributed by atoms with van der Waals surface area (Å²) >= 11 is 4.28. The van der Waals surface area contributed by atoms with E-state index in [0.717, 1.165) is 18.6 Å². The van der Waals surface area contributed by atoms with Gasteiger partial charge in [0.2, 0.25) is 11.8 Å². The summed E-state index contributed by atoms with van der Waals surface area (Å²) in [5.41, 5.74) is 0. The second-order valence-electron chi connectivity index (χ2n) is 4.75. The molecule has 3 nitrogen and oxygen atoms in total. The molecule has 0 aromatic rings. The smallest absolute Gasteiger partial charge is 0.229 e. The van der Waals surface area contributed by atoms with Gasteiger partial charge in [-0.25, -0.2) is 0 Å². The van der Waals surface area contributed by atoms with Gasteiger partial charge in [-0.15, -0.1) is 0 Å². The zero-order valence-corrected chi connectivity index (χ0v) is 11.0. The van der Waals surface area contributed by atoms with Crippen LogP contribution in [0.5, 0.6) is 0 Å². The van der Waals surface area contributed by atoms with Gasteiger partial charge in [-0.1, -0.05) is 20.3 Å². The first-order valence-electron chi connectivity index (χ1n) is 6.02. The molecule has 1 atom stereocenters. The number of thiol groups is 1. The Bertz CT molecular complexity index is 250. The third-order valence-corrected chi connectivity index (χ3v) is 3.56. The molecular weight excluding hydrogens is 222 g/mol. The number of piperidine rings is 1. The van der Waals surface area contributed by atoms with Crippen molar-refractivity contribution in [2.45, 2.75) is 39.5 Å². The number of nitrogens with zero attached hydrogens (tertiary/aromatic N) is 1. The highest BCUT2D eigenvalue weighted by atomic mass is 32.1. The normalized spacial score (nSPS) is 20.3. The molecule has 1 saturated heterocycles. The van der Waals surface area contributed by atoms with Crippen LogP contribution in [0.15, 0.2) is 0 Å². The topological polar surface area (TPSA) is 37.4 Å². The average molecular weight is 243 g/mol. The lowest BCUT2D eigenvalue weighted by molar-refractivity contribution is -0.150. The van der Waals surface area contributed by atoms with Gasteiger partial charge in [-0.3, -0.25) is 14.5 Å². The molecule has 0 aliphatic carbocycles. The van der Waals surface area contributed by atoms with E-state index >= 15 is 0 Å². The van der Waals surface area contributed by atoms with E-state index in [1.165, 1.54) is 4.90 Å². The summed E-state index contributed by atoms with van der Waals surface area (Å²) in [6.07, 6.45) is 3.11. The van der Waals surface area contributed by atoms with Crippen LogP contribution >= 0.6 is 12.6 Å². The number of hydrogen-bond donors (Lipinski definition) is 1. The maximum atomic E-state index is 11.8. The molecule has 16 heavy (non-hydrogen) atoms. The van der Waals surface area contributed by atoms with E-state index in [9.17, 15) is 9.59 Å². The van der Waals surface area contributed by atoms with Crippen molar-refractivity contribution >= 4 is 24.4 Å². The van der Waals surface area contributed by atoms with Crippen molar-refractivity contribution < 1.29 is 9.59 Å². The van der Waals surface area contributed by atoms with E-state index in [4.69, 9.17) is 0 Å². The number of hydrogen-bond acceptors (Lipinski definition) is 3. The Morgan fingerprint density at radius 1 is 1.38 bits per heavy atom. The number of amides is 2. The molecule has 1 aliphatic heterocycles. The zero-order valence-electron chi connectivity index (χ0n) is 10.1. The fraction of sp³-hybridized carbons (Fsp3) is 0.833. The minimum Gasteiger partial charge on any atom is -0.282 e. The van der Waals surface area contributed by atoms with Gasteiger partial charge in [-0.2, -0.15) is 12.6 Å². The molecule has 0 N–H and O–H groups in total. The molecule has 4 heteroatoms. The van der Waals surface area contributed by atoms with Crippen molar-refractivity contribution in [3.05, 3.63) is 0 Å². The van der Waals surface area contributed by atoms with Gasteiger partial charge in [0.05, 0.1) is 0 Å². The van der Waals surface area contributed by atoms with Crippen molar-refractivity contribution in [1.82, 2.24) is 4.90 Å². The molecule has 1 unspecified atom stereocenters. The number of carbonyl (C=O) groups excluding carboxylic acids is 2. The largest absolute Gasteiger partial charge is 0.282 e. The Hall–Kier alpha value is -0.510. The van der Waals surface area contributed by atoms with Crippen molar-refractivity contribution in [2.24, 2.45) is 11.8 Å². The summed E-state index contributed by atoms with van der Waals surface area (Å²) in [5.74, 6) is 1.27. The SMILES string of the molecule is CCCC(CS)CN1C(=O)CC(C)CC1=O. The molecule has 1 heterocycles. The predicted molar refractivity (Wildman–Crippen MR) is 67.4 cm³/mol. The number of imide groups is 1. The van der Waals surface area contributed by atoms with Crippen molar-refractivity contribution in [2.75, 3.05) is 12.3 Å². The standard InChI is InChI=1S/C12H21NO2S/c1-3-4-10(8-16)7-13-11(14)5-9(2)6-12(13)15/h9-10,16H,3-8H2,1-2H3. The molecule has 92 valence electrons. The summed E-state index contributed by atoms with van der Waals surface area (Å²) in [6.45, 7) is 4.62. The Balaban J connectivity index is 2.57. The molecular formula is C12H21NO2S. The highest BCUT2D eigenvalue weighted by Gasteiger charge is 2.31. The summed E-state index contributed by atoms with van der Waals surface area (Å²) in [4.78, 5) is 24.9. The molecule has 1 rings (SSSR count). The van der Waals surface area contributed by atoms with E-state index in [0.29, 0.717) is 25.3 Å². The summed E-state index contributed by atoms with van der Waals surface area (Å²) in [5, 5.41) is 0. The minimum atomic E-state index is -0.00774. The Morgan fingerprint density at radius 3 is 2.38 bits per heavy atom. The third-order valence-electron chi connectivity index (χ3n) is 3.04. The Morgan fingerprint density at radius 2 is 1.94 bits per heavy atom. The van der Waals surface area contributed by atoms with Gasteiger partial charge >= 0.3 is 0 Å². The second-order valence-corrected chi connectivity index (χ2v) is 5.11. The van der Waals surface area contributed by atoms with E-state index < -0.39 is 0 Å². The molecule has 2 amide bonds. The lowest BCUT2D eigenvalue weighted by atomic mass is 9.96. The summed E-state index contributed by atoms with van der Waals surface area (Å²) < 4.78 is 0. The molecule has 0 bridgehead atoms. The van der Waals surface area contributed by atoms with Gasteiger partial charge < -0.3 is 0 Å². The fourth-order valence-corrected chi connectivity index (χ4v) is 2.44. The molecule has 0 spiro atoms. The van der Waals surface area contributed by atoms with Crippen LogP contribution in [0, 0.1) is 11.8 Å². The van der Waals surface area contributed by atoms with Crippen molar-refractivity contribution in [3.8, 4) is 0 Å². The monoisotopic (exact) mass is 243 g/mol. The zero-order chi connectivity index (χ0) is 12.1. The molecule has 1 aliphatic rings. The van der Waals surface area contributed by atoms with E-state index in [-0.39, 0.29) is 17.7 Å². The first kappa shape index (κ1) is 13.6. The van der Waals surface area contributed by atoms with Crippen LogP contribution < -0.4 is 0 Å². The van der Waals surface area contributed by atoms with Crippen molar-refractivity contribution in [3.63, 3.8) is 0 Å². The van der Waals surface area contributed by atoms with Gasteiger partial charge in [0, 0.05) is 19.4 Å². The lowest BCUT2D eigenvalue weighted by Crippen LogP contribution is -2.45. The maximum Gasteiger partial charge on any atom is 0.229 e. The van der Waals surface area contributed by atoms with Gasteiger partial charge in [0.1, 0.15) is 0 Å². The third kappa shape index (κ3) is 3.51. The minimum absolute atomic E-state index is 0.00774. The second kappa shape index (κ2) is 6.28. The number of likely N-dealkylation sites (tertiary alicyclic amines) is 1. The number of rotatable bonds is 5. The first-order chi connectivity index (χ1) is 7.58. The molecule has 0 aromatic heterocycles. The average Bonchev–Trinajstić information content (AvgIpc) is 2.21. The molecule has 0 saturated carbocycles. The molecule has 1 fully saturated rings. The van der Waals surface area contributed by atoms with E-state index in [1.807, 2.05) is 6.92 Å². The van der Waals surface area contributed by atoms with Crippen LogP contribution in [0.2, 0.25) is 0 Å². The van der Waals surface area contributed by atoms with Crippen LogP contribution in [-0.2, 0) is 9.59 Å². The van der Waals surface area contributed by atoms with Gasteiger partial charge in [0.15, 0.2) is 0 Å². The van der Waals surface area contributed by atoms with Gasteiger partial charge in [-0.05, 0) is 24.0 Å². The highest BCUT2D eigenvalue weighted by Crippen LogP contribution is 2.21. The van der Waals surface area contributed by atoms with Crippen molar-refractivity contribution in [1.29, 1.82) is 0 Å². The van der Waals surface area contributed by atoms with Gasteiger partial charge in [0.25, 0.3) is 0 Å². The number of carbonyl (C=O) groups is 2. The van der Waals surface area contributed by atoms with Crippen LogP contribution in [0.3, 0.4) is 0 Å². The quantitative estimate of drug-likeness (QED) is 0.593. The van der Waals surface area contributed by atoms with Crippen LogP contribution in [0.25, 0.3) is 0 Å². The highest BCUT2D eigenvalue weighted by molar-refractivity contribution is 7.80. The van der Waals surface area contributed by atoms with Crippen LogP contribution in [0.1, 0.15) is 39.5 Å². The summed E-state index contributed by atoms with van der Waals surface area (Å²) in [6, 6.07) is 0. The van der Waals surface area contributed by atoms with Crippen LogP contribution in [-0.4, -0.2) is 29.0 Å². The maximum absolute atomic E-state index is 11.8. The predicted octanol–water partition coefficient (Wildman–Crippen LogP) is 2.12. The van der Waals surface area contributed by atoms with E-state index in [1.54, 1.807) is 0 Å². The molecule has 0 aromatic carbocycles. The fourth-order valence-electron chi connectivity index (χ4n) is 2.14. The lowest BCUT2D eigenvalue weighted by Gasteiger charge is -2.30. The van der Waals surface area contributed by atoms with E-state index in [2.05, 4.69) is 19.6 Å². The van der Waals surface area contributed by atoms with Crippen LogP contribution in [0.4, 0.5) is 0 Å². The first-order valence-corrected chi connectivity index (χ1v) is 6.65. The Kier molecular flexibility index (Phi) is 5.32. The molecule has 0 radical (unpaired) electrons. The summed E-state index contributed by atoms with van der Waals surface area (Å²) in [7, 11) is 0.